The molecule has 0 spiro atoms. The van der Waals surface area contributed by atoms with Crippen LogP contribution in [0.3, 0.4) is 0 Å². The van der Waals surface area contributed by atoms with E-state index in [4.69, 9.17) is 0 Å². The first-order valence-corrected chi connectivity index (χ1v) is 6.39. The summed E-state index contributed by atoms with van der Waals surface area (Å²) in [6.07, 6.45) is 2.79. The lowest BCUT2D eigenvalue weighted by molar-refractivity contribution is 0.309. The molecule has 4 heteroatoms. The molecule has 3 nitrogen and oxygen atoms in total. The summed E-state index contributed by atoms with van der Waals surface area (Å²) < 4.78 is 12.9. The van der Waals surface area contributed by atoms with Gasteiger partial charge >= 0.3 is 0 Å². The highest BCUT2D eigenvalue weighted by molar-refractivity contribution is 5.62. The molecule has 1 fully saturated rings. The predicted molar refractivity (Wildman–Crippen MR) is 69.9 cm³/mol. The molecular formula is C15H14FN3. The molecule has 3 rings (SSSR count). The third-order valence-corrected chi connectivity index (χ3v) is 3.88. The Bertz CT molecular complexity index is 645. The smallest absolute Gasteiger partial charge is 0.127 e. The maximum absolute atomic E-state index is 12.9. The van der Waals surface area contributed by atoms with Crippen molar-refractivity contribution in [2.45, 2.75) is 31.6 Å². The zero-order chi connectivity index (χ0) is 13.5. The van der Waals surface area contributed by atoms with Gasteiger partial charge in [-0.2, -0.15) is 5.26 Å². The molecule has 0 bridgehead atoms. The highest BCUT2D eigenvalue weighted by Crippen LogP contribution is 2.42. The van der Waals surface area contributed by atoms with Crippen LogP contribution in [0.1, 0.15) is 30.8 Å². The summed E-state index contributed by atoms with van der Waals surface area (Å²) in [7, 11) is 0. The Hall–Kier alpha value is -2.15. The van der Waals surface area contributed by atoms with Gasteiger partial charge in [-0.3, -0.25) is 0 Å². The molecule has 1 aromatic heterocycles. The first-order valence-electron chi connectivity index (χ1n) is 6.39. The van der Waals surface area contributed by atoms with E-state index >= 15 is 0 Å². The number of hydrogen-bond donors (Lipinski definition) is 1. The fraction of sp³-hybridized carbons (Fsp3) is 0.333. The van der Waals surface area contributed by atoms with Crippen LogP contribution >= 0.6 is 0 Å². The van der Waals surface area contributed by atoms with Crippen LogP contribution in [0.5, 0.6) is 0 Å². The first kappa shape index (κ1) is 11.9. The number of aromatic nitrogens is 2. The van der Waals surface area contributed by atoms with Crippen LogP contribution in [0.2, 0.25) is 0 Å². The zero-order valence-electron chi connectivity index (χ0n) is 10.7. The monoisotopic (exact) mass is 255 g/mol. The minimum atomic E-state index is -0.441. The van der Waals surface area contributed by atoms with Crippen molar-refractivity contribution in [1.29, 1.82) is 5.26 Å². The predicted octanol–water partition coefficient (Wildman–Crippen LogP) is 3.47. The third kappa shape index (κ3) is 1.82. The Morgan fingerprint density at radius 1 is 1.32 bits per heavy atom. The second-order valence-electron chi connectivity index (χ2n) is 5.11. The topological polar surface area (TPSA) is 52.5 Å². The van der Waals surface area contributed by atoms with Gasteiger partial charge in [0.25, 0.3) is 0 Å². The lowest BCUT2D eigenvalue weighted by atomic mass is 9.69. The van der Waals surface area contributed by atoms with Gasteiger partial charge in [0.1, 0.15) is 17.1 Å². The number of imidazole rings is 1. The van der Waals surface area contributed by atoms with E-state index in [0.717, 1.165) is 42.0 Å². The molecule has 1 N–H and O–H groups in total. The normalized spacial score (nSPS) is 16.7. The summed E-state index contributed by atoms with van der Waals surface area (Å²) in [6.45, 7) is 1.93. The molecule has 1 saturated carbocycles. The average molecular weight is 255 g/mol. The van der Waals surface area contributed by atoms with Crippen LogP contribution in [0.4, 0.5) is 4.39 Å². The minimum absolute atomic E-state index is 0.260. The largest absolute Gasteiger partial charge is 0.344 e. The molecule has 1 aliphatic rings. The molecule has 1 aromatic carbocycles. The molecule has 0 unspecified atom stereocenters. The Kier molecular flexibility index (Phi) is 2.63. The van der Waals surface area contributed by atoms with Crippen LogP contribution in [-0.4, -0.2) is 9.97 Å². The second-order valence-corrected chi connectivity index (χ2v) is 5.11. The molecule has 0 radical (unpaired) electrons. The fourth-order valence-corrected chi connectivity index (χ4v) is 2.51. The van der Waals surface area contributed by atoms with E-state index in [1.165, 1.54) is 12.1 Å². The van der Waals surface area contributed by atoms with E-state index in [2.05, 4.69) is 16.0 Å². The van der Waals surface area contributed by atoms with Gasteiger partial charge in [-0.1, -0.05) is 0 Å². The molecule has 1 aliphatic carbocycles. The van der Waals surface area contributed by atoms with Crippen molar-refractivity contribution in [2.75, 3.05) is 0 Å². The average Bonchev–Trinajstić information content (AvgIpc) is 2.72. The molecule has 0 saturated heterocycles. The van der Waals surface area contributed by atoms with Gasteiger partial charge in [-0.25, -0.2) is 9.37 Å². The number of nitrogens with zero attached hydrogens (tertiary/aromatic N) is 2. The van der Waals surface area contributed by atoms with Crippen molar-refractivity contribution in [3.05, 3.63) is 41.6 Å². The summed E-state index contributed by atoms with van der Waals surface area (Å²) in [5.41, 5.74) is 2.15. The highest BCUT2D eigenvalue weighted by atomic mass is 19.1. The number of halogens is 1. The van der Waals surface area contributed by atoms with Crippen LogP contribution in [-0.2, 0) is 5.41 Å². The van der Waals surface area contributed by atoms with E-state index in [1.54, 1.807) is 12.1 Å². The van der Waals surface area contributed by atoms with Crippen molar-refractivity contribution in [2.24, 2.45) is 0 Å². The molecule has 19 heavy (non-hydrogen) atoms. The van der Waals surface area contributed by atoms with Gasteiger partial charge in [-0.05, 0) is 50.5 Å². The number of benzene rings is 1. The molecule has 96 valence electrons. The lowest BCUT2D eigenvalue weighted by Gasteiger charge is -2.32. The number of aryl methyl sites for hydroxylation is 1. The van der Waals surface area contributed by atoms with Crippen molar-refractivity contribution in [1.82, 2.24) is 9.97 Å². The van der Waals surface area contributed by atoms with Gasteiger partial charge in [0.2, 0.25) is 0 Å². The molecule has 0 amide bonds. The van der Waals surface area contributed by atoms with Crippen molar-refractivity contribution in [3.63, 3.8) is 0 Å². The molecule has 0 aliphatic heterocycles. The van der Waals surface area contributed by atoms with Crippen LogP contribution in [0.25, 0.3) is 11.3 Å². The molecule has 0 atom stereocenters. The van der Waals surface area contributed by atoms with E-state index in [-0.39, 0.29) is 5.82 Å². The van der Waals surface area contributed by atoms with Gasteiger partial charge in [0, 0.05) is 11.3 Å². The van der Waals surface area contributed by atoms with Crippen molar-refractivity contribution >= 4 is 0 Å². The van der Waals surface area contributed by atoms with Crippen LogP contribution in [0.15, 0.2) is 24.3 Å². The van der Waals surface area contributed by atoms with Gasteiger partial charge in [0.05, 0.1) is 11.8 Å². The summed E-state index contributed by atoms with van der Waals surface area (Å²) in [5.74, 6) is 0.489. The molecule has 1 heterocycles. The van der Waals surface area contributed by atoms with Crippen LogP contribution < -0.4 is 0 Å². The summed E-state index contributed by atoms with van der Waals surface area (Å²) in [6, 6.07) is 8.65. The van der Waals surface area contributed by atoms with Crippen molar-refractivity contribution < 1.29 is 4.39 Å². The number of aromatic amines is 1. The van der Waals surface area contributed by atoms with Gasteiger partial charge in [0.15, 0.2) is 0 Å². The van der Waals surface area contributed by atoms with Gasteiger partial charge in [-0.15, -0.1) is 0 Å². The number of nitriles is 1. The summed E-state index contributed by atoms with van der Waals surface area (Å²) >= 11 is 0. The van der Waals surface area contributed by atoms with Crippen molar-refractivity contribution in [3.8, 4) is 17.3 Å². The fourth-order valence-electron chi connectivity index (χ4n) is 2.51. The number of rotatable bonds is 2. The lowest BCUT2D eigenvalue weighted by Crippen LogP contribution is -2.33. The SMILES string of the molecule is Cc1[nH]c(C2(C#N)CCC2)nc1-c1ccc(F)cc1. The second kappa shape index (κ2) is 4.20. The van der Waals surface area contributed by atoms with E-state index in [9.17, 15) is 9.65 Å². The van der Waals surface area contributed by atoms with E-state index in [1.807, 2.05) is 6.92 Å². The van der Waals surface area contributed by atoms with Crippen LogP contribution in [0, 0.1) is 24.1 Å². The third-order valence-electron chi connectivity index (χ3n) is 3.88. The van der Waals surface area contributed by atoms with E-state index in [0.29, 0.717) is 0 Å². The highest BCUT2D eigenvalue weighted by Gasteiger charge is 2.42. The quantitative estimate of drug-likeness (QED) is 0.893. The Labute approximate surface area is 111 Å². The first-order chi connectivity index (χ1) is 9.14. The summed E-state index contributed by atoms with van der Waals surface area (Å²) in [4.78, 5) is 7.80. The summed E-state index contributed by atoms with van der Waals surface area (Å²) in [5, 5.41) is 9.34. The minimum Gasteiger partial charge on any atom is -0.344 e. The number of nitrogens with one attached hydrogen (secondary N) is 1. The number of H-pyrrole nitrogens is 1. The molecular weight excluding hydrogens is 241 g/mol. The standard InChI is InChI=1S/C15H14FN3/c1-10-13(11-3-5-12(16)6-4-11)19-14(18-10)15(9-17)7-2-8-15/h3-6H,2,7-8H2,1H3,(H,18,19). The maximum Gasteiger partial charge on any atom is 0.127 e. The van der Waals surface area contributed by atoms with Gasteiger partial charge < -0.3 is 4.98 Å². The Morgan fingerprint density at radius 2 is 2.00 bits per heavy atom. The Morgan fingerprint density at radius 3 is 2.53 bits per heavy atom. The Balaban J connectivity index is 2.03. The number of hydrogen-bond acceptors (Lipinski definition) is 2. The van der Waals surface area contributed by atoms with E-state index < -0.39 is 5.41 Å². The zero-order valence-corrected chi connectivity index (χ0v) is 10.7. The molecule has 2 aromatic rings. The maximum atomic E-state index is 12.9.